The van der Waals surface area contributed by atoms with Crippen LogP contribution in [0.4, 0.5) is 0 Å². The number of rotatable bonds is 4. The minimum absolute atomic E-state index is 0.308. The molecule has 0 saturated heterocycles. The van der Waals surface area contributed by atoms with Crippen LogP contribution in [-0.2, 0) is 6.42 Å². The van der Waals surface area contributed by atoms with E-state index < -0.39 is 0 Å². The van der Waals surface area contributed by atoms with Crippen LogP contribution in [0, 0.1) is 0 Å². The first-order valence-electron chi connectivity index (χ1n) is 7.90. The van der Waals surface area contributed by atoms with E-state index in [-0.39, 0.29) is 5.56 Å². The molecule has 0 radical (unpaired) electrons. The third kappa shape index (κ3) is 3.21. The van der Waals surface area contributed by atoms with E-state index in [2.05, 4.69) is 10.1 Å². The highest BCUT2D eigenvalue weighted by atomic mass is 35.5. The molecule has 5 nitrogen and oxygen atoms in total. The number of benzene rings is 2. The number of nitrogens with zero attached hydrogens (tertiary/aromatic N) is 3. The Bertz CT molecular complexity index is 1140. The van der Waals surface area contributed by atoms with E-state index in [0.717, 1.165) is 22.6 Å². The van der Waals surface area contributed by atoms with Gasteiger partial charge in [0.2, 0.25) is 4.96 Å². The standard InChI is InChI=1S/C19H14ClN3O2S/c1-25-15-4-2-3-12(9-15)10-16-18(24)21-19-23(22-16)17(11-26-19)13-5-7-14(20)8-6-13/h2-9,11H,10H2,1H3. The minimum atomic E-state index is -0.308. The van der Waals surface area contributed by atoms with Crippen LogP contribution in [0.3, 0.4) is 0 Å². The molecule has 4 aromatic rings. The molecule has 0 N–H and O–H groups in total. The van der Waals surface area contributed by atoms with Crippen molar-refractivity contribution >= 4 is 27.9 Å². The highest BCUT2D eigenvalue weighted by molar-refractivity contribution is 7.15. The second-order valence-corrected chi connectivity index (χ2v) is 6.99. The molecule has 0 atom stereocenters. The molecule has 0 bridgehead atoms. The largest absolute Gasteiger partial charge is 0.497 e. The zero-order valence-electron chi connectivity index (χ0n) is 13.8. The molecular weight excluding hydrogens is 370 g/mol. The third-order valence-electron chi connectivity index (χ3n) is 4.00. The quantitative estimate of drug-likeness (QED) is 0.533. The molecule has 0 fully saturated rings. The van der Waals surface area contributed by atoms with Crippen LogP contribution >= 0.6 is 22.9 Å². The summed E-state index contributed by atoms with van der Waals surface area (Å²) < 4.78 is 6.95. The van der Waals surface area contributed by atoms with Crippen molar-refractivity contribution in [2.24, 2.45) is 0 Å². The molecule has 0 aliphatic heterocycles. The number of aromatic nitrogens is 3. The van der Waals surface area contributed by atoms with Gasteiger partial charge in [0.25, 0.3) is 5.56 Å². The van der Waals surface area contributed by atoms with Crippen LogP contribution < -0.4 is 10.3 Å². The summed E-state index contributed by atoms with van der Waals surface area (Å²) in [6, 6.07) is 15.1. The third-order valence-corrected chi connectivity index (χ3v) is 5.06. The molecule has 2 aromatic heterocycles. The molecule has 0 amide bonds. The van der Waals surface area contributed by atoms with E-state index >= 15 is 0 Å². The lowest BCUT2D eigenvalue weighted by atomic mass is 10.1. The molecule has 4 rings (SSSR count). The van der Waals surface area contributed by atoms with Gasteiger partial charge in [-0.25, -0.2) is 4.52 Å². The molecule has 26 heavy (non-hydrogen) atoms. The fraction of sp³-hybridized carbons (Fsp3) is 0.105. The Kier molecular flexibility index (Phi) is 4.44. The van der Waals surface area contributed by atoms with Crippen LogP contribution in [0.25, 0.3) is 16.2 Å². The fourth-order valence-electron chi connectivity index (χ4n) is 2.69. The highest BCUT2D eigenvalue weighted by Crippen LogP contribution is 2.25. The Balaban J connectivity index is 1.78. The Hall–Kier alpha value is -2.70. The maximum Gasteiger partial charge on any atom is 0.296 e. The zero-order valence-corrected chi connectivity index (χ0v) is 15.4. The van der Waals surface area contributed by atoms with E-state index in [1.807, 2.05) is 53.9 Å². The van der Waals surface area contributed by atoms with E-state index in [4.69, 9.17) is 16.3 Å². The molecule has 0 saturated carbocycles. The molecule has 2 heterocycles. The first kappa shape index (κ1) is 16.8. The first-order chi connectivity index (χ1) is 12.6. The van der Waals surface area contributed by atoms with Gasteiger partial charge in [0.05, 0.1) is 12.8 Å². The summed E-state index contributed by atoms with van der Waals surface area (Å²) in [5.74, 6) is 0.744. The van der Waals surface area contributed by atoms with E-state index in [9.17, 15) is 4.79 Å². The Morgan fingerprint density at radius 3 is 2.77 bits per heavy atom. The summed E-state index contributed by atoms with van der Waals surface area (Å²) in [6.07, 6.45) is 0.391. The van der Waals surface area contributed by atoms with Gasteiger partial charge in [-0.2, -0.15) is 10.1 Å². The van der Waals surface area contributed by atoms with Crippen LogP contribution in [-0.4, -0.2) is 21.7 Å². The number of halogens is 1. The van der Waals surface area contributed by atoms with Crippen molar-refractivity contribution in [1.82, 2.24) is 14.6 Å². The number of fused-ring (bicyclic) bond motifs is 1. The summed E-state index contributed by atoms with van der Waals surface area (Å²) in [7, 11) is 1.61. The average Bonchev–Trinajstić information content (AvgIpc) is 3.05. The van der Waals surface area contributed by atoms with E-state index in [1.165, 1.54) is 11.3 Å². The van der Waals surface area contributed by atoms with Crippen molar-refractivity contribution in [3.05, 3.63) is 80.5 Å². The predicted octanol–water partition coefficient (Wildman–Crippen LogP) is 4.07. The van der Waals surface area contributed by atoms with Crippen molar-refractivity contribution in [2.45, 2.75) is 6.42 Å². The summed E-state index contributed by atoms with van der Waals surface area (Å²) in [5.41, 5.74) is 2.87. The summed E-state index contributed by atoms with van der Waals surface area (Å²) in [6.45, 7) is 0. The van der Waals surface area contributed by atoms with Gasteiger partial charge >= 0.3 is 0 Å². The van der Waals surface area contributed by atoms with Gasteiger partial charge in [0.15, 0.2) is 0 Å². The normalized spacial score (nSPS) is 11.0. The molecule has 0 unspecified atom stereocenters. The highest BCUT2D eigenvalue weighted by Gasteiger charge is 2.12. The van der Waals surface area contributed by atoms with E-state index in [1.54, 1.807) is 11.6 Å². The summed E-state index contributed by atoms with van der Waals surface area (Å²) in [4.78, 5) is 17.1. The van der Waals surface area contributed by atoms with Gasteiger partial charge in [0.1, 0.15) is 11.4 Å². The first-order valence-corrected chi connectivity index (χ1v) is 9.16. The zero-order chi connectivity index (χ0) is 18.1. The van der Waals surface area contributed by atoms with Gasteiger partial charge in [-0.05, 0) is 29.8 Å². The molecule has 130 valence electrons. The van der Waals surface area contributed by atoms with Crippen molar-refractivity contribution in [3.63, 3.8) is 0 Å². The van der Waals surface area contributed by atoms with Gasteiger partial charge in [-0.1, -0.05) is 35.9 Å². The second-order valence-electron chi connectivity index (χ2n) is 5.71. The van der Waals surface area contributed by atoms with Crippen molar-refractivity contribution in [1.29, 1.82) is 0 Å². The molecule has 0 aliphatic carbocycles. The smallest absolute Gasteiger partial charge is 0.296 e. The maximum absolute atomic E-state index is 12.4. The number of ether oxygens (including phenoxy) is 1. The van der Waals surface area contributed by atoms with Crippen molar-refractivity contribution in [3.8, 4) is 17.0 Å². The lowest BCUT2D eigenvalue weighted by Crippen LogP contribution is -2.18. The summed E-state index contributed by atoms with van der Waals surface area (Å²) >= 11 is 7.35. The molecule has 0 aliphatic rings. The molecular formula is C19H14ClN3O2S. The van der Waals surface area contributed by atoms with Crippen LogP contribution in [0.15, 0.2) is 58.7 Å². The maximum atomic E-state index is 12.4. The lowest BCUT2D eigenvalue weighted by Gasteiger charge is -2.05. The summed E-state index contributed by atoms with van der Waals surface area (Å²) in [5, 5.41) is 7.17. The lowest BCUT2D eigenvalue weighted by molar-refractivity contribution is 0.414. The van der Waals surface area contributed by atoms with Gasteiger partial charge in [0, 0.05) is 22.4 Å². The van der Waals surface area contributed by atoms with Crippen LogP contribution in [0.5, 0.6) is 5.75 Å². The van der Waals surface area contributed by atoms with Crippen LogP contribution in [0.2, 0.25) is 5.02 Å². The number of methoxy groups -OCH3 is 1. The second kappa shape index (κ2) is 6.90. The van der Waals surface area contributed by atoms with Gasteiger partial charge in [-0.15, -0.1) is 11.3 Å². The van der Waals surface area contributed by atoms with Gasteiger partial charge in [-0.3, -0.25) is 4.79 Å². The van der Waals surface area contributed by atoms with Crippen LogP contribution in [0.1, 0.15) is 11.3 Å². The Morgan fingerprint density at radius 1 is 1.19 bits per heavy atom. The number of hydrogen-bond acceptors (Lipinski definition) is 5. The SMILES string of the molecule is COc1cccc(Cc2nn3c(-c4ccc(Cl)cc4)csc3nc2=O)c1. The minimum Gasteiger partial charge on any atom is -0.497 e. The average molecular weight is 384 g/mol. The fourth-order valence-corrected chi connectivity index (χ4v) is 3.65. The van der Waals surface area contributed by atoms with E-state index in [0.29, 0.717) is 22.1 Å². The van der Waals surface area contributed by atoms with Crippen molar-refractivity contribution in [2.75, 3.05) is 7.11 Å². The Labute approximate surface area is 158 Å². The molecule has 7 heteroatoms. The predicted molar refractivity (Wildman–Crippen MR) is 103 cm³/mol. The number of hydrogen-bond donors (Lipinski definition) is 0. The van der Waals surface area contributed by atoms with Crippen molar-refractivity contribution < 1.29 is 4.74 Å². The monoisotopic (exact) mass is 383 g/mol. The topological polar surface area (TPSA) is 56.5 Å². The van der Waals surface area contributed by atoms with Gasteiger partial charge < -0.3 is 4.74 Å². The molecule has 0 spiro atoms. The molecule has 2 aromatic carbocycles. The number of thiazole rings is 1. The Morgan fingerprint density at radius 2 is 2.00 bits per heavy atom.